The monoisotopic (exact) mass is 454 g/mol. The number of ether oxygens (including phenoxy) is 1. The molecule has 0 saturated carbocycles. The molecule has 0 aliphatic heterocycles. The first-order valence-electron chi connectivity index (χ1n) is 9.34. The molecule has 0 N–H and O–H groups in total. The number of para-hydroxylation sites is 1. The van der Waals surface area contributed by atoms with Crippen LogP contribution in [0.25, 0.3) is 10.2 Å². The normalized spacial score (nSPS) is 11.7. The van der Waals surface area contributed by atoms with Gasteiger partial charge in [0.1, 0.15) is 11.5 Å². The first-order chi connectivity index (χ1) is 14.6. The van der Waals surface area contributed by atoms with E-state index in [0.29, 0.717) is 21.1 Å². The van der Waals surface area contributed by atoms with Gasteiger partial charge in [0.05, 0.1) is 10.2 Å². The summed E-state index contributed by atoms with van der Waals surface area (Å²) in [7, 11) is 0. The maximum Gasteiger partial charge on any atom is 0.279 e. The topological polar surface area (TPSA) is 43.6 Å². The van der Waals surface area contributed by atoms with Crippen LogP contribution >= 0.6 is 34.7 Å². The fraction of sp³-hybridized carbons (Fsp3) is 0.130. The summed E-state index contributed by atoms with van der Waals surface area (Å²) in [4.78, 5) is 17.9. The number of aryl methyl sites for hydroxylation is 1. The van der Waals surface area contributed by atoms with Crippen LogP contribution in [0.2, 0.25) is 5.02 Å². The minimum Gasteiger partial charge on any atom is -0.457 e. The number of nitrogens with zero attached hydrogens (tertiary/aromatic N) is 2. The van der Waals surface area contributed by atoms with Crippen LogP contribution in [0.4, 0.5) is 0 Å². The number of carbonyl (C=O) groups is 1. The van der Waals surface area contributed by atoms with E-state index in [1.807, 2.05) is 48.5 Å². The van der Waals surface area contributed by atoms with E-state index in [2.05, 4.69) is 15.8 Å². The van der Waals surface area contributed by atoms with Crippen LogP contribution in [-0.2, 0) is 6.54 Å². The van der Waals surface area contributed by atoms with E-state index in [-0.39, 0.29) is 5.91 Å². The third-order valence-corrected chi connectivity index (χ3v) is 6.31. The number of hydrogen-bond donors (Lipinski definition) is 0. The van der Waals surface area contributed by atoms with Crippen molar-refractivity contribution in [2.24, 2.45) is 4.99 Å². The molecule has 0 spiro atoms. The lowest BCUT2D eigenvalue weighted by molar-refractivity contribution is 0.0998. The molecule has 4 rings (SSSR count). The number of amides is 1. The molecule has 3 aromatic carbocycles. The molecule has 0 aliphatic rings. The molecular weight excluding hydrogens is 436 g/mol. The Morgan fingerprint density at radius 3 is 2.53 bits per heavy atom. The number of rotatable bonds is 6. The molecule has 0 radical (unpaired) electrons. The molecule has 0 fully saturated rings. The van der Waals surface area contributed by atoms with Gasteiger partial charge in [-0.15, -0.1) is 0 Å². The van der Waals surface area contributed by atoms with E-state index in [9.17, 15) is 4.79 Å². The van der Waals surface area contributed by atoms with Gasteiger partial charge in [-0.05, 0) is 60.9 Å². The average Bonchev–Trinajstić information content (AvgIpc) is 3.09. The third-order valence-electron chi connectivity index (χ3n) is 4.44. The summed E-state index contributed by atoms with van der Waals surface area (Å²) in [5.41, 5.74) is 1.55. The summed E-state index contributed by atoms with van der Waals surface area (Å²) in [6.07, 6.45) is 2.06. The zero-order valence-electron chi connectivity index (χ0n) is 16.2. The molecule has 1 amide bonds. The first-order valence-corrected chi connectivity index (χ1v) is 11.9. The molecule has 1 aromatic heterocycles. The summed E-state index contributed by atoms with van der Waals surface area (Å²) in [6.45, 7) is 0.777. The van der Waals surface area contributed by atoms with Crippen LogP contribution in [0.5, 0.6) is 11.5 Å². The van der Waals surface area contributed by atoms with E-state index in [0.717, 1.165) is 28.3 Å². The highest BCUT2D eigenvalue weighted by Crippen LogP contribution is 2.23. The van der Waals surface area contributed by atoms with Crippen LogP contribution in [0, 0.1) is 0 Å². The predicted molar refractivity (Wildman–Crippen MR) is 126 cm³/mol. The Balaban J connectivity index is 1.62. The number of benzene rings is 3. The minimum absolute atomic E-state index is 0.281. The lowest BCUT2D eigenvalue weighted by Crippen LogP contribution is -2.18. The van der Waals surface area contributed by atoms with Gasteiger partial charge in [-0.3, -0.25) is 4.79 Å². The molecule has 0 atom stereocenters. The first kappa shape index (κ1) is 20.7. The number of carbonyl (C=O) groups excluding carboxylic acids is 1. The molecule has 0 aliphatic carbocycles. The molecule has 0 unspecified atom stereocenters. The van der Waals surface area contributed by atoms with Crippen LogP contribution in [0.3, 0.4) is 0 Å². The van der Waals surface area contributed by atoms with Crippen molar-refractivity contribution < 1.29 is 9.53 Å². The van der Waals surface area contributed by atoms with Gasteiger partial charge in [-0.2, -0.15) is 16.8 Å². The molecule has 0 saturated heterocycles. The quantitative estimate of drug-likeness (QED) is 0.345. The Morgan fingerprint density at radius 2 is 1.80 bits per heavy atom. The van der Waals surface area contributed by atoms with Gasteiger partial charge in [0, 0.05) is 22.9 Å². The Kier molecular flexibility index (Phi) is 6.57. The van der Waals surface area contributed by atoms with E-state index in [4.69, 9.17) is 16.3 Å². The smallest absolute Gasteiger partial charge is 0.279 e. The molecule has 7 heteroatoms. The molecule has 4 nitrogen and oxygen atoms in total. The highest BCUT2D eigenvalue weighted by atomic mass is 35.5. The van der Waals surface area contributed by atoms with Gasteiger partial charge in [-0.25, -0.2) is 0 Å². The second-order valence-corrected chi connectivity index (χ2v) is 8.93. The van der Waals surface area contributed by atoms with Crippen LogP contribution < -0.4 is 9.54 Å². The van der Waals surface area contributed by atoms with Gasteiger partial charge in [0.15, 0.2) is 4.80 Å². The lowest BCUT2D eigenvalue weighted by Gasteiger charge is -2.06. The molecule has 152 valence electrons. The van der Waals surface area contributed by atoms with Crippen molar-refractivity contribution in [1.82, 2.24) is 4.57 Å². The summed E-state index contributed by atoms with van der Waals surface area (Å²) in [5.74, 6) is 2.07. The summed E-state index contributed by atoms with van der Waals surface area (Å²) in [5, 5.41) is 0.674. The fourth-order valence-electron chi connectivity index (χ4n) is 2.97. The Labute approximate surface area is 187 Å². The summed E-state index contributed by atoms with van der Waals surface area (Å²) < 4.78 is 8.88. The predicted octanol–water partition coefficient (Wildman–Crippen LogP) is 6.25. The molecule has 4 aromatic rings. The van der Waals surface area contributed by atoms with Gasteiger partial charge in [0.25, 0.3) is 5.91 Å². The van der Waals surface area contributed by atoms with Gasteiger partial charge in [-0.1, -0.05) is 41.1 Å². The van der Waals surface area contributed by atoms with Crippen molar-refractivity contribution in [3.63, 3.8) is 0 Å². The molecular formula is C23H19ClN2O2S2. The van der Waals surface area contributed by atoms with Crippen molar-refractivity contribution in [3.8, 4) is 11.5 Å². The Morgan fingerprint density at radius 1 is 1.07 bits per heavy atom. The standard InChI is InChI=1S/C23H19ClN2O2S2/c1-29-14-13-26-20-12-9-17(24)15-21(20)30-23(26)25-22(27)16-7-10-19(11-8-16)28-18-5-3-2-4-6-18/h2-12,15H,13-14H2,1H3. The van der Waals surface area contributed by atoms with E-state index in [1.165, 1.54) is 11.3 Å². The molecule has 1 heterocycles. The van der Waals surface area contributed by atoms with Gasteiger partial charge < -0.3 is 9.30 Å². The zero-order chi connectivity index (χ0) is 20.9. The van der Waals surface area contributed by atoms with E-state index in [1.54, 1.807) is 36.0 Å². The fourth-order valence-corrected chi connectivity index (χ4v) is 4.67. The van der Waals surface area contributed by atoms with Crippen LogP contribution in [-0.4, -0.2) is 22.5 Å². The average molecular weight is 455 g/mol. The van der Waals surface area contributed by atoms with Gasteiger partial charge >= 0.3 is 0 Å². The minimum atomic E-state index is -0.281. The van der Waals surface area contributed by atoms with E-state index >= 15 is 0 Å². The SMILES string of the molecule is CSCCn1c(=NC(=O)c2ccc(Oc3ccccc3)cc2)sc2cc(Cl)ccc21. The number of aromatic nitrogens is 1. The number of hydrogen-bond acceptors (Lipinski definition) is 4. The van der Waals surface area contributed by atoms with Crippen molar-refractivity contribution >= 4 is 50.8 Å². The number of thiazole rings is 1. The van der Waals surface area contributed by atoms with Crippen molar-refractivity contribution in [2.45, 2.75) is 6.54 Å². The highest BCUT2D eigenvalue weighted by Gasteiger charge is 2.10. The van der Waals surface area contributed by atoms with E-state index < -0.39 is 0 Å². The number of thioether (sulfide) groups is 1. The van der Waals surface area contributed by atoms with Crippen molar-refractivity contribution in [3.05, 3.63) is 88.2 Å². The zero-order valence-corrected chi connectivity index (χ0v) is 18.6. The molecule has 30 heavy (non-hydrogen) atoms. The van der Waals surface area contributed by atoms with Crippen LogP contribution in [0.1, 0.15) is 10.4 Å². The summed E-state index contributed by atoms with van der Waals surface area (Å²) >= 11 is 9.37. The number of halogens is 1. The Bertz CT molecular complexity index is 1230. The van der Waals surface area contributed by atoms with Crippen molar-refractivity contribution in [2.75, 3.05) is 12.0 Å². The molecule has 0 bridgehead atoms. The lowest BCUT2D eigenvalue weighted by atomic mass is 10.2. The van der Waals surface area contributed by atoms with Crippen LogP contribution in [0.15, 0.2) is 77.8 Å². The van der Waals surface area contributed by atoms with Gasteiger partial charge in [0.2, 0.25) is 0 Å². The largest absolute Gasteiger partial charge is 0.457 e. The second kappa shape index (κ2) is 9.51. The summed E-state index contributed by atoms with van der Waals surface area (Å²) in [6, 6.07) is 22.3. The maximum atomic E-state index is 12.8. The highest BCUT2D eigenvalue weighted by molar-refractivity contribution is 7.98. The maximum absolute atomic E-state index is 12.8. The third kappa shape index (κ3) is 4.78. The number of fused-ring (bicyclic) bond motifs is 1. The Hall–Kier alpha value is -2.54. The van der Waals surface area contributed by atoms with Crippen molar-refractivity contribution in [1.29, 1.82) is 0 Å². The second-order valence-electron chi connectivity index (χ2n) is 6.50.